The van der Waals surface area contributed by atoms with E-state index in [1.165, 1.54) is 49.3 Å². The summed E-state index contributed by atoms with van der Waals surface area (Å²) >= 11 is 0. The minimum absolute atomic E-state index is 0.695. The Morgan fingerprint density at radius 3 is 2.62 bits per heavy atom. The Kier molecular flexibility index (Phi) is 4.42. The molecule has 0 aliphatic carbocycles. The quantitative estimate of drug-likeness (QED) is 0.864. The molecule has 3 aliphatic rings. The van der Waals surface area contributed by atoms with Crippen molar-refractivity contribution < 1.29 is 0 Å². The summed E-state index contributed by atoms with van der Waals surface area (Å²) in [7, 11) is 2.03. The summed E-state index contributed by atoms with van der Waals surface area (Å²) in [5.41, 5.74) is 4.13. The van der Waals surface area contributed by atoms with Crippen LogP contribution in [-0.2, 0) is 20.1 Å². The molecule has 2 unspecified atom stereocenters. The third-order valence-electron chi connectivity index (χ3n) is 5.86. The van der Waals surface area contributed by atoms with E-state index < -0.39 is 0 Å². The molecule has 0 amide bonds. The molecule has 4 nitrogen and oxygen atoms in total. The van der Waals surface area contributed by atoms with Crippen LogP contribution in [-0.4, -0.2) is 45.3 Å². The highest BCUT2D eigenvalue weighted by molar-refractivity contribution is 5.17. The lowest BCUT2D eigenvalue weighted by Crippen LogP contribution is -2.43. The Bertz CT molecular complexity index is 678. The molecule has 3 fully saturated rings. The largest absolute Gasteiger partial charge is 0.297 e. The highest BCUT2D eigenvalue weighted by Gasteiger charge is 2.34. The first-order valence-electron chi connectivity index (χ1n) is 9.17. The highest BCUT2D eigenvalue weighted by Crippen LogP contribution is 2.30. The van der Waals surface area contributed by atoms with Crippen molar-refractivity contribution in [3.8, 4) is 0 Å². The normalized spacial score (nSPS) is 25.1. The topological polar surface area (TPSA) is 24.3 Å². The summed E-state index contributed by atoms with van der Waals surface area (Å²) < 4.78 is 1.99. The molecular weight excluding hydrogens is 296 g/mol. The second kappa shape index (κ2) is 6.69. The van der Waals surface area contributed by atoms with Crippen LogP contribution in [0, 0.1) is 12.8 Å². The average molecular weight is 324 g/mol. The molecule has 4 heteroatoms. The van der Waals surface area contributed by atoms with E-state index in [0.717, 1.165) is 19.0 Å². The predicted octanol–water partition coefficient (Wildman–Crippen LogP) is 2.82. The molecule has 2 aromatic rings. The van der Waals surface area contributed by atoms with E-state index in [-0.39, 0.29) is 0 Å². The van der Waals surface area contributed by atoms with Gasteiger partial charge in [0.05, 0.1) is 6.20 Å². The van der Waals surface area contributed by atoms with Gasteiger partial charge < -0.3 is 0 Å². The molecule has 4 heterocycles. The van der Waals surface area contributed by atoms with Gasteiger partial charge in [-0.05, 0) is 31.2 Å². The number of aromatic nitrogens is 2. The smallest absolute Gasteiger partial charge is 0.0537 e. The van der Waals surface area contributed by atoms with E-state index in [0.29, 0.717) is 6.04 Å². The minimum atomic E-state index is 0.695. The van der Waals surface area contributed by atoms with E-state index in [4.69, 9.17) is 0 Å². The molecule has 1 aromatic carbocycles. The van der Waals surface area contributed by atoms with E-state index in [1.807, 2.05) is 17.9 Å². The van der Waals surface area contributed by atoms with E-state index >= 15 is 0 Å². The van der Waals surface area contributed by atoms with Crippen molar-refractivity contribution in [1.82, 2.24) is 19.6 Å². The van der Waals surface area contributed by atoms with Crippen molar-refractivity contribution in [2.75, 3.05) is 19.6 Å². The molecule has 3 aliphatic heterocycles. The molecule has 5 rings (SSSR count). The van der Waals surface area contributed by atoms with Gasteiger partial charge in [0.25, 0.3) is 0 Å². The van der Waals surface area contributed by atoms with E-state index in [2.05, 4.69) is 52.2 Å². The zero-order valence-electron chi connectivity index (χ0n) is 14.9. The molecular formula is C20H28N4. The van der Waals surface area contributed by atoms with Gasteiger partial charge in [-0.15, -0.1) is 0 Å². The molecule has 3 saturated heterocycles. The number of hydrogen-bond donors (Lipinski definition) is 0. The molecule has 128 valence electrons. The van der Waals surface area contributed by atoms with Crippen molar-refractivity contribution >= 4 is 0 Å². The van der Waals surface area contributed by atoms with Crippen molar-refractivity contribution in [3.63, 3.8) is 0 Å². The zero-order valence-corrected chi connectivity index (χ0v) is 14.9. The Morgan fingerprint density at radius 2 is 1.88 bits per heavy atom. The lowest BCUT2D eigenvalue weighted by atomic mass is 9.94. The maximum atomic E-state index is 4.41. The van der Waals surface area contributed by atoms with Crippen LogP contribution in [0.15, 0.2) is 36.5 Å². The number of aryl methyl sites for hydroxylation is 1. The van der Waals surface area contributed by atoms with Crippen LogP contribution in [0.4, 0.5) is 0 Å². The maximum absolute atomic E-state index is 4.41. The summed E-state index contributed by atoms with van der Waals surface area (Å²) in [5, 5.41) is 4.41. The summed E-state index contributed by atoms with van der Waals surface area (Å²) in [6.45, 7) is 8.00. The van der Waals surface area contributed by atoms with Gasteiger partial charge in [-0.3, -0.25) is 14.5 Å². The van der Waals surface area contributed by atoms with Crippen molar-refractivity contribution in [2.24, 2.45) is 13.0 Å². The number of rotatable bonds is 4. The molecule has 0 N–H and O–H groups in total. The third kappa shape index (κ3) is 3.26. The monoisotopic (exact) mass is 324 g/mol. The lowest BCUT2D eigenvalue weighted by Gasteiger charge is -2.36. The first-order valence-corrected chi connectivity index (χ1v) is 9.17. The molecule has 0 saturated carbocycles. The molecule has 0 spiro atoms. The number of hydrogen-bond acceptors (Lipinski definition) is 3. The first kappa shape index (κ1) is 15.9. The average Bonchev–Trinajstić information content (AvgIpc) is 2.77. The third-order valence-corrected chi connectivity index (χ3v) is 5.86. The number of nitrogens with zero attached hydrogens (tertiary/aromatic N) is 4. The van der Waals surface area contributed by atoms with Gasteiger partial charge in [-0.2, -0.15) is 5.10 Å². The van der Waals surface area contributed by atoms with Crippen LogP contribution < -0.4 is 0 Å². The number of piperidine rings is 1. The fourth-order valence-corrected chi connectivity index (χ4v) is 4.36. The standard InChI is InChI=1S/C20H28N4/c1-16-19(10-21-22(16)2)14-23-11-18-8-9-20(15-23)24(13-18)12-17-6-4-3-5-7-17/h3-7,10,18,20H,8-9,11-15H2,1-2H3. The second-order valence-corrected chi connectivity index (χ2v) is 7.59. The maximum Gasteiger partial charge on any atom is 0.0537 e. The Hall–Kier alpha value is -1.65. The van der Waals surface area contributed by atoms with E-state index in [9.17, 15) is 0 Å². The summed E-state index contributed by atoms with van der Waals surface area (Å²) in [6, 6.07) is 11.6. The number of fused-ring (bicyclic) bond motifs is 4. The van der Waals surface area contributed by atoms with Crippen LogP contribution >= 0.6 is 0 Å². The SMILES string of the molecule is Cc1c(CN2CC3CCC(C2)N(Cc2ccccc2)C3)cnn1C. The van der Waals surface area contributed by atoms with Crippen LogP contribution in [0.5, 0.6) is 0 Å². The lowest BCUT2D eigenvalue weighted by molar-refractivity contribution is 0.123. The van der Waals surface area contributed by atoms with Gasteiger partial charge >= 0.3 is 0 Å². The van der Waals surface area contributed by atoms with Gasteiger partial charge in [-0.25, -0.2) is 0 Å². The molecule has 2 atom stereocenters. The van der Waals surface area contributed by atoms with Gasteiger partial charge in [0.15, 0.2) is 0 Å². The number of benzene rings is 1. The van der Waals surface area contributed by atoms with Crippen molar-refractivity contribution in [1.29, 1.82) is 0 Å². The highest BCUT2D eigenvalue weighted by atomic mass is 15.3. The van der Waals surface area contributed by atoms with Crippen molar-refractivity contribution in [3.05, 3.63) is 53.3 Å². The predicted molar refractivity (Wildman–Crippen MR) is 96.6 cm³/mol. The van der Waals surface area contributed by atoms with Crippen LogP contribution in [0.25, 0.3) is 0 Å². The van der Waals surface area contributed by atoms with Gasteiger partial charge in [0.1, 0.15) is 0 Å². The Morgan fingerprint density at radius 1 is 1.04 bits per heavy atom. The summed E-state index contributed by atoms with van der Waals surface area (Å²) in [4.78, 5) is 5.39. The molecule has 1 aromatic heterocycles. The van der Waals surface area contributed by atoms with Crippen LogP contribution in [0.3, 0.4) is 0 Å². The Balaban J connectivity index is 1.45. The van der Waals surface area contributed by atoms with E-state index in [1.54, 1.807) is 0 Å². The molecule has 2 bridgehead atoms. The molecule has 0 radical (unpaired) electrons. The minimum Gasteiger partial charge on any atom is -0.297 e. The van der Waals surface area contributed by atoms with Crippen LogP contribution in [0.2, 0.25) is 0 Å². The Labute approximate surface area is 145 Å². The summed E-state index contributed by atoms with van der Waals surface area (Å²) in [6.07, 6.45) is 4.78. The van der Waals surface area contributed by atoms with Gasteiger partial charge in [-0.1, -0.05) is 30.3 Å². The van der Waals surface area contributed by atoms with Crippen LogP contribution in [0.1, 0.15) is 29.7 Å². The first-order chi connectivity index (χ1) is 11.7. The van der Waals surface area contributed by atoms with Crippen molar-refractivity contribution in [2.45, 2.75) is 38.9 Å². The molecule has 24 heavy (non-hydrogen) atoms. The fraction of sp³-hybridized carbons (Fsp3) is 0.550. The zero-order chi connectivity index (χ0) is 16.5. The fourth-order valence-electron chi connectivity index (χ4n) is 4.36. The summed E-state index contributed by atoms with van der Waals surface area (Å²) in [5.74, 6) is 0.810. The van der Waals surface area contributed by atoms with Gasteiger partial charge in [0.2, 0.25) is 0 Å². The second-order valence-electron chi connectivity index (χ2n) is 7.59. The van der Waals surface area contributed by atoms with Gasteiger partial charge in [0, 0.05) is 57.1 Å².